The third-order valence-electron chi connectivity index (χ3n) is 6.58. The maximum Gasteiger partial charge on any atom is 0.317 e. The molecule has 0 aromatic heterocycles. The predicted octanol–water partition coefficient (Wildman–Crippen LogP) is 4.54. The van der Waals surface area contributed by atoms with Crippen LogP contribution in [0.15, 0.2) is 66.2 Å². The number of hydrogen-bond acceptors (Lipinski definition) is 4. The van der Waals surface area contributed by atoms with Gasteiger partial charge < -0.3 is 9.84 Å². The van der Waals surface area contributed by atoms with Gasteiger partial charge in [0.15, 0.2) is 5.78 Å². The smallest absolute Gasteiger partial charge is 0.317 e. The molecular weight excluding hydrogens is 376 g/mol. The Balaban J connectivity index is 1.80. The minimum atomic E-state index is -1.24. The third kappa shape index (κ3) is 3.72. The van der Waals surface area contributed by atoms with Crippen molar-refractivity contribution in [2.24, 2.45) is 11.8 Å². The highest BCUT2D eigenvalue weighted by molar-refractivity contribution is 6.01. The minimum Gasteiger partial charge on any atom is -0.465 e. The van der Waals surface area contributed by atoms with Gasteiger partial charge in [-0.3, -0.25) is 9.59 Å². The number of esters is 1. The van der Waals surface area contributed by atoms with E-state index in [9.17, 15) is 14.7 Å². The van der Waals surface area contributed by atoms with Crippen LogP contribution in [0.2, 0.25) is 0 Å². The first-order valence-electron chi connectivity index (χ1n) is 10.8. The number of carbonyl (C=O) groups excluding carboxylic acids is 2. The molecule has 2 saturated carbocycles. The molecule has 2 aromatic carbocycles. The quantitative estimate of drug-likeness (QED) is 0.600. The van der Waals surface area contributed by atoms with Crippen LogP contribution >= 0.6 is 0 Å². The van der Waals surface area contributed by atoms with Gasteiger partial charge in [0.1, 0.15) is 5.92 Å². The fourth-order valence-electron chi connectivity index (χ4n) is 5.29. The zero-order valence-corrected chi connectivity index (χ0v) is 17.3. The Morgan fingerprint density at radius 2 is 1.80 bits per heavy atom. The summed E-state index contributed by atoms with van der Waals surface area (Å²) in [6.07, 6.45) is 4.42. The highest BCUT2D eigenvalue weighted by Gasteiger charge is 2.57. The summed E-state index contributed by atoms with van der Waals surface area (Å²) in [5.41, 5.74) is 1.57. The number of aliphatic hydroxyl groups is 1. The van der Waals surface area contributed by atoms with E-state index in [1.165, 1.54) is 0 Å². The number of hydrogen-bond donors (Lipinski definition) is 1. The van der Waals surface area contributed by atoms with Crippen molar-refractivity contribution in [3.05, 3.63) is 77.4 Å². The van der Waals surface area contributed by atoms with Crippen molar-refractivity contribution in [3.63, 3.8) is 0 Å². The number of carbonyl (C=O) groups is 2. The molecular formula is C26H28O4. The number of ether oxygens (including phenoxy) is 1. The average Bonchev–Trinajstić information content (AvgIpc) is 2.75. The number of fused-ring (bicyclic) bond motifs is 1. The van der Waals surface area contributed by atoms with Gasteiger partial charge in [-0.1, -0.05) is 66.7 Å². The Bertz CT molecular complexity index is 934. The van der Waals surface area contributed by atoms with Crippen molar-refractivity contribution < 1.29 is 19.4 Å². The summed E-state index contributed by atoms with van der Waals surface area (Å²) < 4.78 is 5.28. The second kappa shape index (κ2) is 8.57. The van der Waals surface area contributed by atoms with Crippen molar-refractivity contribution in [3.8, 4) is 0 Å². The Morgan fingerprint density at radius 1 is 1.13 bits per heavy atom. The second-order valence-corrected chi connectivity index (χ2v) is 8.31. The van der Waals surface area contributed by atoms with Gasteiger partial charge >= 0.3 is 5.97 Å². The molecule has 0 radical (unpaired) electrons. The monoisotopic (exact) mass is 404 g/mol. The summed E-state index contributed by atoms with van der Waals surface area (Å²) in [6, 6.07) is 19.5. The van der Waals surface area contributed by atoms with Gasteiger partial charge in [-0.15, -0.1) is 0 Å². The third-order valence-corrected chi connectivity index (χ3v) is 6.58. The van der Waals surface area contributed by atoms with Crippen LogP contribution in [-0.2, 0) is 14.3 Å². The van der Waals surface area contributed by atoms with Crippen molar-refractivity contribution in [1.29, 1.82) is 0 Å². The summed E-state index contributed by atoms with van der Waals surface area (Å²) in [4.78, 5) is 26.1. The van der Waals surface area contributed by atoms with Gasteiger partial charge in [-0.05, 0) is 42.9 Å². The molecule has 0 aliphatic heterocycles. The molecule has 4 unspecified atom stereocenters. The molecule has 0 bridgehead atoms. The Kier molecular flexibility index (Phi) is 5.87. The fraction of sp³-hybridized carbons (Fsp3) is 0.385. The molecule has 4 atom stereocenters. The molecule has 0 heterocycles. The van der Waals surface area contributed by atoms with Gasteiger partial charge in [0.2, 0.25) is 0 Å². The van der Waals surface area contributed by atoms with Crippen molar-refractivity contribution >= 4 is 17.8 Å². The lowest BCUT2D eigenvalue weighted by molar-refractivity contribution is -0.161. The van der Waals surface area contributed by atoms with Crippen LogP contribution in [0.3, 0.4) is 0 Å². The normalized spacial score (nSPS) is 30.0. The van der Waals surface area contributed by atoms with E-state index in [1.54, 1.807) is 6.92 Å². The van der Waals surface area contributed by atoms with Crippen molar-refractivity contribution in [2.75, 3.05) is 6.61 Å². The summed E-state index contributed by atoms with van der Waals surface area (Å²) in [6.45, 7) is 1.98. The van der Waals surface area contributed by atoms with Gasteiger partial charge in [0.05, 0.1) is 12.2 Å². The molecule has 2 aromatic rings. The molecule has 156 valence electrons. The van der Waals surface area contributed by atoms with Crippen LogP contribution < -0.4 is 0 Å². The molecule has 2 aliphatic rings. The number of Topliss-reactive ketones (excluding diaryl/α,β-unsaturated/α-hetero) is 1. The van der Waals surface area contributed by atoms with Crippen LogP contribution in [-0.4, -0.2) is 29.1 Å². The average molecular weight is 405 g/mol. The molecule has 0 saturated heterocycles. The fourth-order valence-corrected chi connectivity index (χ4v) is 5.29. The Labute approximate surface area is 177 Å². The van der Waals surface area contributed by atoms with Crippen molar-refractivity contribution in [1.82, 2.24) is 0 Å². The van der Waals surface area contributed by atoms with Gasteiger partial charge in [0.25, 0.3) is 0 Å². The Hall–Kier alpha value is -2.72. The lowest BCUT2D eigenvalue weighted by Crippen LogP contribution is -2.56. The summed E-state index contributed by atoms with van der Waals surface area (Å²) in [7, 11) is 0. The van der Waals surface area contributed by atoms with Gasteiger partial charge in [-0.25, -0.2) is 0 Å². The van der Waals surface area contributed by atoms with E-state index in [0.29, 0.717) is 0 Å². The number of rotatable bonds is 4. The van der Waals surface area contributed by atoms with E-state index in [2.05, 4.69) is 0 Å². The first kappa shape index (κ1) is 20.5. The van der Waals surface area contributed by atoms with E-state index in [1.807, 2.05) is 66.7 Å². The molecule has 1 N–H and O–H groups in total. The summed E-state index contributed by atoms with van der Waals surface area (Å²) in [5.74, 6) is -2.18. The highest BCUT2D eigenvalue weighted by Crippen LogP contribution is 2.54. The lowest BCUT2D eigenvalue weighted by Gasteiger charge is -2.51. The molecule has 4 nitrogen and oxygen atoms in total. The van der Waals surface area contributed by atoms with Crippen molar-refractivity contribution in [2.45, 2.75) is 44.1 Å². The molecule has 0 amide bonds. The SMILES string of the molecule is CCOC(=O)C1C(=O)CC2(O)C(=Cc3ccccc3)CCCC2C1c1ccccc1. The van der Waals surface area contributed by atoms with Gasteiger partial charge in [0, 0.05) is 18.3 Å². The van der Waals surface area contributed by atoms with Crippen LogP contribution in [0.1, 0.15) is 49.7 Å². The van der Waals surface area contributed by atoms with Gasteiger partial charge in [-0.2, -0.15) is 0 Å². The summed E-state index contributed by atoms with van der Waals surface area (Å²) in [5, 5.41) is 11.9. The van der Waals surface area contributed by atoms with E-state index >= 15 is 0 Å². The molecule has 30 heavy (non-hydrogen) atoms. The molecule has 0 spiro atoms. The second-order valence-electron chi connectivity index (χ2n) is 8.31. The highest BCUT2D eigenvalue weighted by atomic mass is 16.5. The standard InChI is InChI=1S/C26H28O4/c1-2-30-25(28)24-22(27)17-26(29)20(16-18-10-5-3-6-11-18)14-9-15-21(26)23(24)19-12-7-4-8-13-19/h3-8,10-13,16,21,23-24,29H,2,9,14-15,17H2,1H3. The maximum atomic E-state index is 13.3. The minimum absolute atomic E-state index is 0.0385. The van der Waals surface area contributed by atoms with Crippen LogP contribution in [0.5, 0.6) is 0 Å². The largest absolute Gasteiger partial charge is 0.465 e. The van der Waals surface area contributed by atoms with Crippen LogP contribution in [0.4, 0.5) is 0 Å². The first-order valence-corrected chi connectivity index (χ1v) is 10.8. The molecule has 2 fully saturated rings. The number of ketones is 1. The zero-order chi connectivity index (χ0) is 21.1. The summed E-state index contributed by atoms with van der Waals surface area (Å²) >= 11 is 0. The van der Waals surface area contributed by atoms with E-state index in [0.717, 1.165) is 36.0 Å². The zero-order valence-electron chi connectivity index (χ0n) is 17.3. The lowest BCUT2D eigenvalue weighted by atomic mass is 9.55. The molecule has 4 rings (SSSR count). The predicted molar refractivity (Wildman–Crippen MR) is 116 cm³/mol. The van der Waals surface area contributed by atoms with E-state index < -0.39 is 23.4 Å². The topological polar surface area (TPSA) is 63.6 Å². The van der Waals surface area contributed by atoms with E-state index in [4.69, 9.17) is 4.74 Å². The molecule has 2 aliphatic carbocycles. The van der Waals surface area contributed by atoms with E-state index in [-0.39, 0.29) is 24.7 Å². The van der Waals surface area contributed by atoms with Crippen LogP contribution in [0.25, 0.3) is 6.08 Å². The first-order chi connectivity index (χ1) is 14.5. The Morgan fingerprint density at radius 3 is 2.47 bits per heavy atom. The van der Waals surface area contributed by atoms with Crippen LogP contribution in [0, 0.1) is 11.8 Å². The molecule has 4 heteroatoms. The number of benzene rings is 2. The maximum absolute atomic E-state index is 13.3.